The van der Waals surface area contributed by atoms with E-state index in [2.05, 4.69) is 41.3 Å². The summed E-state index contributed by atoms with van der Waals surface area (Å²) < 4.78 is 5.55. The number of aromatic nitrogens is 1. The Morgan fingerprint density at radius 2 is 2.40 bits per heavy atom. The van der Waals surface area contributed by atoms with Gasteiger partial charge in [0.05, 0.1) is 6.61 Å². The Kier molecular flexibility index (Phi) is 6.27. The highest BCUT2D eigenvalue weighted by Gasteiger charge is 2.16. The molecule has 1 aliphatic rings. The van der Waals surface area contributed by atoms with E-state index in [1.165, 1.54) is 24.8 Å². The van der Waals surface area contributed by atoms with E-state index in [0.29, 0.717) is 5.92 Å². The van der Waals surface area contributed by atoms with Gasteiger partial charge in [0.1, 0.15) is 5.82 Å². The molecular formula is C16H27N3O. The van der Waals surface area contributed by atoms with E-state index in [4.69, 9.17) is 4.74 Å². The summed E-state index contributed by atoms with van der Waals surface area (Å²) in [6.07, 6.45) is 5.53. The number of anilines is 1. The summed E-state index contributed by atoms with van der Waals surface area (Å²) in [7, 11) is 2.13. The minimum Gasteiger partial charge on any atom is -0.381 e. The monoisotopic (exact) mass is 277 g/mol. The summed E-state index contributed by atoms with van der Waals surface area (Å²) >= 11 is 0. The molecule has 0 saturated carbocycles. The van der Waals surface area contributed by atoms with Gasteiger partial charge in [-0.25, -0.2) is 4.98 Å². The molecule has 1 aliphatic heterocycles. The molecule has 4 heteroatoms. The molecule has 0 spiro atoms. The van der Waals surface area contributed by atoms with Crippen LogP contribution in [0.4, 0.5) is 5.82 Å². The van der Waals surface area contributed by atoms with Crippen LogP contribution in [-0.2, 0) is 11.3 Å². The van der Waals surface area contributed by atoms with Crippen LogP contribution in [0.1, 0.15) is 31.7 Å². The SMILES string of the molecule is CCCNCc1ccnc(N(C)CC2CCCOC2)c1. The van der Waals surface area contributed by atoms with Crippen LogP contribution in [0.25, 0.3) is 0 Å². The highest BCUT2D eigenvalue weighted by molar-refractivity contribution is 5.40. The van der Waals surface area contributed by atoms with Gasteiger partial charge in [0, 0.05) is 32.9 Å². The lowest BCUT2D eigenvalue weighted by Crippen LogP contribution is -2.31. The number of ether oxygens (including phenoxy) is 1. The molecule has 1 aromatic heterocycles. The molecule has 1 N–H and O–H groups in total. The third kappa shape index (κ3) is 4.76. The van der Waals surface area contributed by atoms with Gasteiger partial charge in [-0.05, 0) is 49.4 Å². The fraction of sp³-hybridized carbons (Fsp3) is 0.688. The lowest BCUT2D eigenvalue weighted by atomic mass is 10.0. The summed E-state index contributed by atoms with van der Waals surface area (Å²) in [6.45, 7) is 7.01. The molecule has 1 unspecified atom stereocenters. The molecule has 4 nitrogen and oxygen atoms in total. The zero-order valence-electron chi connectivity index (χ0n) is 12.8. The lowest BCUT2D eigenvalue weighted by molar-refractivity contribution is 0.0576. The first-order valence-corrected chi connectivity index (χ1v) is 7.74. The summed E-state index contributed by atoms with van der Waals surface area (Å²) in [5.41, 5.74) is 1.30. The number of nitrogens with one attached hydrogen (secondary N) is 1. The maximum Gasteiger partial charge on any atom is 0.128 e. The second-order valence-corrected chi connectivity index (χ2v) is 5.66. The van der Waals surface area contributed by atoms with Crippen molar-refractivity contribution in [3.05, 3.63) is 23.9 Å². The smallest absolute Gasteiger partial charge is 0.128 e. The van der Waals surface area contributed by atoms with Crippen molar-refractivity contribution in [2.75, 3.05) is 38.3 Å². The average molecular weight is 277 g/mol. The zero-order valence-corrected chi connectivity index (χ0v) is 12.8. The van der Waals surface area contributed by atoms with Gasteiger partial charge in [0.2, 0.25) is 0 Å². The third-order valence-electron chi connectivity index (χ3n) is 3.74. The zero-order chi connectivity index (χ0) is 14.2. The van der Waals surface area contributed by atoms with Crippen LogP contribution in [0.15, 0.2) is 18.3 Å². The molecule has 2 heterocycles. The molecule has 112 valence electrons. The highest BCUT2D eigenvalue weighted by Crippen LogP contribution is 2.18. The summed E-state index contributed by atoms with van der Waals surface area (Å²) in [5, 5.41) is 3.43. The fourth-order valence-electron chi connectivity index (χ4n) is 2.62. The Labute approximate surface area is 122 Å². The van der Waals surface area contributed by atoms with Crippen molar-refractivity contribution in [3.8, 4) is 0 Å². The minimum atomic E-state index is 0.637. The second kappa shape index (κ2) is 8.22. The topological polar surface area (TPSA) is 37.4 Å². The van der Waals surface area contributed by atoms with Crippen LogP contribution in [0.2, 0.25) is 0 Å². The number of hydrogen-bond donors (Lipinski definition) is 1. The first-order valence-electron chi connectivity index (χ1n) is 7.74. The molecule has 0 amide bonds. The first-order chi connectivity index (χ1) is 9.79. The predicted octanol–water partition coefficient (Wildman–Crippen LogP) is 2.44. The number of pyridine rings is 1. The molecule has 0 aliphatic carbocycles. The maximum atomic E-state index is 5.55. The van der Waals surface area contributed by atoms with Gasteiger partial charge in [0.25, 0.3) is 0 Å². The van der Waals surface area contributed by atoms with Crippen molar-refractivity contribution in [1.29, 1.82) is 0 Å². The van der Waals surface area contributed by atoms with Crippen LogP contribution >= 0.6 is 0 Å². The van der Waals surface area contributed by atoms with Gasteiger partial charge >= 0.3 is 0 Å². The van der Waals surface area contributed by atoms with Crippen molar-refractivity contribution >= 4 is 5.82 Å². The van der Waals surface area contributed by atoms with Gasteiger partial charge < -0.3 is 15.0 Å². The summed E-state index contributed by atoms with van der Waals surface area (Å²) in [4.78, 5) is 6.74. The van der Waals surface area contributed by atoms with Crippen molar-refractivity contribution < 1.29 is 4.74 Å². The van der Waals surface area contributed by atoms with E-state index >= 15 is 0 Å². The van der Waals surface area contributed by atoms with Crippen LogP contribution in [0, 0.1) is 5.92 Å². The van der Waals surface area contributed by atoms with Crippen molar-refractivity contribution in [3.63, 3.8) is 0 Å². The largest absolute Gasteiger partial charge is 0.381 e. The Morgan fingerprint density at radius 1 is 1.50 bits per heavy atom. The van der Waals surface area contributed by atoms with Gasteiger partial charge in [-0.1, -0.05) is 6.92 Å². The van der Waals surface area contributed by atoms with Gasteiger partial charge in [-0.3, -0.25) is 0 Å². The number of hydrogen-bond acceptors (Lipinski definition) is 4. The molecule has 1 aromatic rings. The number of rotatable bonds is 7. The Hall–Kier alpha value is -1.13. The Morgan fingerprint density at radius 3 is 3.15 bits per heavy atom. The fourth-order valence-corrected chi connectivity index (χ4v) is 2.62. The quantitative estimate of drug-likeness (QED) is 0.777. The van der Waals surface area contributed by atoms with Crippen molar-refractivity contribution in [2.45, 2.75) is 32.7 Å². The maximum absolute atomic E-state index is 5.55. The van der Waals surface area contributed by atoms with E-state index in [1.54, 1.807) is 0 Å². The molecular weight excluding hydrogens is 250 g/mol. The van der Waals surface area contributed by atoms with Gasteiger partial charge in [-0.2, -0.15) is 0 Å². The summed E-state index contributed by atoms with van der Waals surface area (Å²) in [5.74, 6) is 1.70. The molecule has 20 heavy (non-hydrogen) atoms. The second-order valence-electron chi connectivity index (χ2n) is 5.66. The molecule has 1 atom stereocenters. The Balaban J connectivity index is 1.88. The van der Waals surface area contributed by atoms with E-state index in [9.17, 15) is 0 Å². The van der Waals surface area contributed by atoms with Crippen LogP contribution < -0.4 is 10.2 Å². The van der Waals surface area contributed by atoms with E-state index < -0.39 is 0 Å². The van der Waals surface area contributed by atoms with Crippen LogP contribution in [-0.4, -0.2) is 38.3 Å². The van der Waals surface area contributed by atoms with Crippen molar-refractivity contribution in [1.82, 2.24) is 10.3 Å². The molecule has 0 bridgehead atoms. The van der Waals surface area contributed by atoms with E-state index in [1.807, 2.05) is 6.20 Å². The van der Waals surface area contributed by atoms with Gasteiger partial charge in [0.15, 0.2) is 0 Å². The van der Waals surface area contributed by atoms with Crippen LogP contribution in [0.5, 0.6) is 0 Å². The predicted molar refractivity (Wildman–Crippen MR) is 83.0 cm³/mol. The highest BCUT2D eigenvalue weighted by atomic mass is 16.5. The minimum absolute atomic E-state index is 0.637. The normalized spacial score (nSPS) is 19.0. The van der Waals surface area contributed by atoms with E-state index in [0.717, 1.165) is 38.7 Å². The van der Waals surface area contributed by atoms with E-state index in [-0.39, 0.29) is 0 Å². The van der Waals surface area contributed by atoms with Gasteiger partial charge in [-0.15, -0.1) is 0 Å². The standard InChI is InChI=1S/C16H27N3O/c1-3-7-17-11-14-6-8-18-16(10-14)19(2)12-15-5-4-9-20-13-15/h6,8,10,15,17H,3-5,7,9,11-13H2,1-2H3. The average Bonchev–Trinajstić information content (AvgIpc) is 2.49. The number of nitrogens with zero attached hydrogens (tertiary/aromatic N) is 2. The Bertz CT molecular complexity index is 391. The molecule has 1 fully saturated rings. The summed E-state index contributed by atoms with van der Waals surface area (Å²) in [6, 6.07) is 4.27. The van der Waals surface area contributed by atoms with Crippen LogP contribution in [0.3, 0.4) is 0 Å². The lowest BCUT2D eigenvalue weighted by Gasteiger charge is -2.28. The third-order valence-corrected chi connectivity index (χ3v) is 3.74. The molecule has 1 saturated heterocycles. The molecule has 2 rings (SSSR count). The molecule has 0 aromatic carbocycles. The van der Waals surface area contributed by atoms with Crippen molar-refractivity contribution in [2.24, 2.45) is 5.92 Å². The molecule has 0 radical (unpaired) electrons. The first kappa shape index (κ1) is 15.3.